The van der Waals surface area contributed by atoms with Crippen LogP contribution in [0, 0.1) is 23.2 Å². The maximum absolute atomic E-state index is 11.6. The molecule has 1 aromatic carbocycles. The highest BCUT2D eigenvalue weighted by Crippen LogP contribution is 2.50. The third-order valence-corrected chi connectivity index (χ3v) is 6.97. The number of benzene rings is 1. The molecule has 0 spiro atoms. The van der Waals surface area contributed by atoms with Crippen LogP contribution in [0.1, 0.15) is 67.4 Å². The number of carbonyl (C=O) groups is 1. The van der Waals surface area contributed by atoms with Gasteiger partial charge in [-0.05, 0) is 85.0 Å². The molecule has 1 amide bonds. The van der Waals surface area contributed by atoms with Crippen molar-refractivity contribution in [2.24, 2.45) is 23.2 Å². The van der Waals surface area contributed by atoms with E-state index in [0.717, 1.165) is 37.3 Å². The Bertz CT molecular complexity index is 669. The van der Waals surface area contributed by atoms with Crippen LogP contribution in [0.5, 0.6) is 0 Å². The van der Waals surface area contributed by atoms with Crippen molar-refractivity contribution in [2.45, 2.75) is 58.9 Å². The quantitative estimate of drug-likeness (QED) is 0.635. The van der Waals surface area contributed by atoms with Crippen LogP contribution in [-0.2, 0) is 13.0 Å². The molecule has 4 rings (SSSR count). The summed E-state index contributed by atoms with van der Waals surface area (Å²) in [6.07, 6.45) is 8.12. The number of hydrogen-bond acceptors (Lipinski definition) is 3. The molecular weight excluding hydrogens is 324 g/mol. The number of hydroxylamine groups is 1. The molecule has 1 aromatic rings. The van der Waals surface area contributed by atoms with Crippen LogP contribution >= 0.6 is 0 Å². The maximum Gasteiger partial charge on any atom is 0.274 e. The fourth-order valence-electron chi connectivity index (χ4n) is 6.33. The Balaban J connectivity index is 1.42. The van der Waals surface area contributed by atoms with Crippen molar-refractivity contribution < 1.29 is 10.0 Å². The lowest BCUT2D eigenvalue weighted by atomic mass is 9.59. The van der Waals surface area contributed by atoms with Gasteiger partial charge in [0.15, 0.2) is 0 Å². The topological polar surface area (TPSA) is 52.6 Å². The van der Waals surface area contributed by atoms with Gasteiger partial charge >= 0.3 is 0 Å². The van der Waals surface area contributed by atoms with E-state index in [2.05, 4.69) is 24.8 Å². The second kappa shape index (κ2) is 6.97. The van der Waals surface area contributed by atoms with Crippen LogP contribution in [0.15, 0.2) is 18.2 Å². The van der Waals surface area contributed by atoms with Crippen molar-refractivity contribution in [3.8, 4) is 0 Å². The number of hydrogen-bond donors (Lipinski definition) is 2. The van der Waals surface area contributed by atoms with Crippen LogP contribution in [0.2, 0.25) is 0 Å². The van der Waals surface area contributed by atoms with Gasteiger partial charge in [0.25, 0.3) is 5.91 Å². The summed E-state index contributed by atoms with van der Waals surface area (Å²) in [5.74, 6) is 2.39. The maximum atomic E-state index is 11.6. The molecule has 2 fully saturated rings. The van der Waals surface area contributed by atoms with Crippen molar-refractivity contribution in [2.75, 3.05) is 13.1 Å². The van der Waals surface area contributed by atoms with Gasteiger partial charge in [-0.15, -0.1) is 0 Å². The van der Waals surface area contributed by atoms with Crippen LogP contribution in [0.25, 0.3) is 0 Å². The molecule has 1 heterocycles. The van der Waals surface area contributed by atoms with E-state index >= 15 is 0 Å². The minimum Gasteiger partial charge on any atom is -0.298 e. The van der Waals surface area contributed by atoms with Crippen molar-refractivity contribution >= 4 is 5.91 Å². The van der Waals surface area contributed by atoms with Crippen LogP contribution < -0.4 is 5.48 Å². The van der Waals surface area contributed by atoms with Gasteiger partial charge in [0.05, 0.1) is 0 Å². The minimum atomic E-state index is -0.425. The Kier molecular flexibility index (Phi) is 4.83. The molecule has 1 aliphatic heterocycles. The number of carbonyl (C=O) groups excluding carboxylic acids is 1. The van der Waals surface area contributed by atoms with Crippen molar-refractivity contribution in [1.29, 1.82) is 0 Å². The highest BCUT2D eigenvalue weighted by molar-refractivity contribution is 5.93. The summed E-state index contributed by atoms with van der Waals surface area (Å²) in [5.41, 5.74) is 5.32. The first kappa shape index (κ1) is 18.0. The highest BCUT2D eigenvalue weighted by atomic mass is 16.5. The smallest absolute Gasteiger partial charge is 0.274 e. The van der Waals surface area contributed by atoms with E-state index in [1.54, 1.807) is 5.48 Å². The number of rotatable bonds is 3. The van der Waals surface area contributed by atoms with Gasteiger partial charge in [0, 0.05) is 25.2 Å². The Morgan fingerprint density at radius 1 is 1.23 bits per heavy atom. The molecule has 3 aliphatic rings. The first-order chi connectivity index (χ1) is 12.4. The van der Waals surface area contributed by atoms with E-state index in [9.17, 15) is 4.79 Å². The molecule has 4 nitrogen and oxygen atoms in total. The standard InChI is InChI=1S/C22H32N2O2/c1-15-7-16-9-17(8-15)12-22(2,11-16)14-24-6-5-18-10-19(21(25)23-26)3-4-20(18)13-24/h3-4,10,15-17,26H,5-9,11-14H2,1-2H3,(H,23,25). The number of amides is 1. The SMILES string of the molecule is CC1CC2CC(C1)CC(C)(CN1CCc3cc(C(=O)NO)ccc3C1)C2. The average molecular weight is 357 g/mol. The van der Waals surface area contributed by atoms with E-state index in [0.29, 0.717) is 11.0 Å². The average Bonchev–Trinajstić information content (AvgIpc) is 2.59. The van der Waals surface area contributed by atoms with Crippen molar-refractivity contribution in [1.82, 2.24) is 10.4 Å². The number of nitrogens with zero attached hydrogens (tertiary/aromatic N) is 1. The first-order valence-electron chi connectivity index (χ1n) is 10.2. The van der Waals surface area contributed by atoms with Crippen LogP contribution in [0.3, 0.4) is 0 Å². The molecule has 0 aromatic heterocycles. The number of nitrogens with one attached hydrogen (secondary N) is 1. The third-order valence-electron chi connectivity index (χ3n) is 6.97. The molecule has 0 radical (unpaired) electrons. The zero-order chi connectivity index (χ0) is 18.3. The molecule has 0 saturated heterocycles. The molecular formula is C22H32N2O2. The molecule has 142 valence electrons. The van der Waals surface area contributed by atoms with E-state index in [-0.39, 0.29) is 0 Å². The zero-order valence-corrected chi connectivity index (χ0v) is 16.1. The minimum absolute atomic E-state index is 0.425. The predicted octanol–water partition coefficient (Wildman–Crippen LogP) is 4.02. The van der Waals surface area contributed by atoms with Gasteiger partial charge in [-0.25, -0.2) is 5.48 Å². The fraction of sp³-hybridized carbons (Fsp3) is 0.682. The Hall–Kier alpha value is -1.39. The van der Waals surface area contributed by atoms with Gasteiger partial charge in [0.2, 0.25) is 0 Å². The summed E-state index contributed by atoms with van der Waals surface area (Å²) in [6.45, 7) is 8.21. The molecule has 2 atom stereocenters. The highest BCUT2D eigenvalue weighted by Gasteiger charge is 2.41. The second-order valence-electron chi connectivity index (χ2n) is 9.65. The lowest BCUT2D eigenvalue weighted by Crippen LogP contribution is -2.44. The summed E-state index contributed by atoms with van der Waals surface area (Å²) < 4.78 is 0. The van der Waals surface area contributed by atoms with Gasteiger partial charge in [-0.2, -0.15) is 0 Å². The van der Waals surface area contributed by atoms with Gasteiger partial charge in [-0.1, -0.05) is 19.9 Å². The van der Waals surface area contributed by atoms with Crippen LogP contribution in [0.4, 0.5) is 0 Å². The molecule has 2 N–H and O–H groups in total. The summed E-state index contributed by atoms with van der Waals surface area (Å²) in [5, 5.41) is 8.82. The second-order valence-corrected chi connectivity index (χ2v) is 9.65. The summed E-state index contributed by atoms with van der Waals surface area (Å²) >= 11 is 0. The van der Waals surface area contributed by atoms with Gasteiger partial charge < -0.3 is 0 Å². The Morgan fingerprint density at radius 3 is 2.65 bits per heavy atom. The normalized spacial score (nSPS) is 34.2. The molecule has 2 bridgehead atoms. The van der Waals surface area contributed by atoms with Gasteiger partial charge in [0.1, 0.15) is 0 Å². The molecule has 2 unspecified atom stereocenters. The third kappa shape index (κ3) is 3.67. The summed E-state index contributed by atoms with van der Waals surface area (Å²) in [4.78, 5) is 14.2. The molecule has 4 heteroatoms. The Morgan fingerprint density at radius 2 is 1.96 bits per heavy atom. The van der Waals surface area contributed by atoms with Crippen molar-refractivity contribution in [3.63, 3.8) is 0 Å². The zero-order valence-electron chi connectivity index (χ0n) is 16.1. The largest absolute Gasteiger partial charge is 0.298 e. The van der Waals surface area contributed by atoms with Gasteiger partial charge in [-0.3, -0.25) is 14.9 Å². The summed E-state index contributed by atoms with van der Waals surface area (Å²) in [6, 6.07) is 5.82. The monoisotopic (exact) mass is 356 g/mol. The molecule has 2 aliphatic carbocycles. The van der Waals surface area contributed by atoms with Crippen molar-refractivity contribution in [3.05, 3.63) is 34.9 Å². The van der Waals surface area contributed by atoms with E-state index in [4.69, 9.17) is 5.21 Å². The summed E-state index contributed by atoms with van der Waals surface area (Å²) in [7, 11) is 0. The molecule has 2 saturated carbocycles. The Labute approximate surface area is 156 Å². The lowest BCUT2D eigenvalue weighted by Gasteiger charge is -2.49. The first-order valence-corrected chi connectivity index (χ1v) is 10.2. The lowest BCUT2D eigenvalue weighted by molar-refractivity contribution is 0.0174. The molecule has 26 heavy (non-hydrogen) atoms. The van der Waals surface area contributed by atoms with E-state index in [1.807, 2.05) is 12.1 Å². The fourth-order valence-corrected chi connectivity index (χ4v) is 6.33. The van der Waals surface area contributed by atoms with Crippen LogP contribution in [-0.4, -0.2) is 29.1 Å². The van der Waals surface area contributed by atoms with E-state index in [1.165, 1.54) is 49.8 Å². The number of fused-ring (bicyclic) bond motifs is 3. The predicted molar refractivity (Wildman–Crippen MR) is 102 cm³/mol. The van der Waals surface area contributed by atoms with E-state index < -0.39 is 5.91 Å².